The highest BCUT2D eigenvalue weighted by atomic mass is 16.5. The van der Waals surface area contributed by atoms with Gasteiger partial charge in [0.25, 0.3) is 0 Å². The maximum absolute atomic E-state index is 6.05. The topological polar surface area (TPSA) is 9.23 Å². The Morgan fingerprint density at radius 3 is 2.06 bits per heavy atom. The summed E-state index contributed by atoms with van der Waals surface area (Å²) in [4.78, 5) is 0. The predicted octanol–water partition coefficient (Wildman–Crippen LogP) is 4.71. The van der Waals surface area contributed by atoms with Crippen LogP contribution in [0.1, 0.15) is 22.3 Å². The number of para-hydroxylation sites is 1. The molecular weight excluding hydrogens is 208 g/mol. The molecule has 0 saturated heterocycles. The Morgan fingerprint density at radius 1 is 0.765 bits per heavy atom. The van der Waals surface area contributed by atoms with E-state index in [2.05, 4.69) is 64.1 Å². The van der Waals surface area contributed by atoms with E-state index in [1.807, 2.05) is 0 Å². The van der Waals surface area contributed by atoms with E-state index in [4.69, 9.17) is 4.74 Å². The Morgan fingerprint density at radius 2 is 1.41 bits per heavy atom. The van der Waals surface area contributed by atoms with Crippen LogP contribution in [-0.4, -0.2) is 0 Å². The van der Waals surface area contributed by atoms with E-state index >= 15 is 0 Å². The summed E-state index contributed by atoms with van der Waals surface area (Å²) in [6.45, 7) is 8.31. The molecule has 0 amide bonds. The van der Waals surface area contributed by atoms with Crippen molar-refractivity contribution in [1.29, 1.82) is 0 Å². The molecular formula is C16H18O. The van der Waals surface area contributed by atoms with Gasteiger partial charge in [0.1, 0.15) is 11.5 Å². The molecule has 2 aromatic rings. The van der Waals surface area contributed by atoms with Crippen molar-refractivity contribution in [3.63, 3.8) is 0 Å². The number of ether oxygens (including phenoxy) is 1. The van der Waals surface area contributed by atoms with Gasteiger partial charge in [0.15, 0.2) is 0 Å². The predicted molar refractivity (Wildman–Crippen MR) is 71.9 cm³/mol. The highest BCUT2D eigenvalue weighted by Gasteiger charge is 2.06. The van der Waals surface area contributed by atoms with Gasteiger partial charge in [-0.25, -0.2) is 0 Å². The zero-order valence-electron chi connectivity index (χ0n) is 10.9. The van der Waals surface area contributed by atoms with Crippen molar-refractivity contribution < 1.29 is 4.74 Å². The van der Waals surface area contributed by atoms with E-state index in [1.165, 1.54) is 22.3 Å². The molecule has 0 heterocycles. The van der Waals surface area contributed by atoms with Gasteiger partial charge in [-0.3, -0.25) is 0 Å². The fourth-order valence-electron chi connectivity index (χ4n) is 1.89. The van der Waals surface area contributed by atoms with Crippen LogP contribution < -0.4 is 4.74 Å². The second-order valence-corrected chi connectivity index (χ2v) is 4.59. The number of aryl methyl sites for hydroxylation is 4. The van der Waals surface area contributed by atoms with Crippen molar-refractivity contribution in [3.8, 4) is 11.5 Å². The molecule has 0 spiro atoms. The van der Waals surface area contributed by atoms with E-state index in [-0.39, 0.29) is 0 Å². The van der Waals surface area contributed by atoms with Crippen LogP contribution in [0, 0.1) is 27.7 Å². The van der Waals surface area contributed by atoms with Crippen molar-refractivity contribution in [3.05, 3.63) is 58.7 Å². The molecule has 0 bridgehead atoms. The molecule has 0 unspecified atom stereocenters. The lowest BCUT2D eigenvalue weighted by Crippen LogP contribution is -1.93. The van der Waals surface area contributed by atoms with Crippen molar-refractivity contribution in [2.24, 2.45) is 0 Å². The SMILES string of the molecule is Cc1ccc(C)c(Oc2c(C)cccc2C)c1. The minimum absolute atomic E-state index is 0.947. The van der Waals surface area contributed by atoms with Crippen molar-refractivity contribution in [2.75, 3.05) is 0 Å². The minimum Gasteiger partial charge on any atom is -0.457 e. The smallest absolute Gasteiger partial charge is 0.133 e. The minimum atomic E-state index is 0.947. The van der Waals surface area contributed by atoms with E-state index in [1.54, 1.807) is 0 Å². The Balaban J connectivity index is 2.41. The van der Waals surface area contributed by atoms with Gasteiger partial charge in [0, 0.05) is 0 Å². The summed E-state index contributed by atoms with van der Waals surface area (Å²) in [5.74, 6) is 1.92. The summed E-state index contributed by atoms with van der Waals surface area (Å²) in [6, 6.07) is 12.5. The quantitative estimate of drug-likeness (QED) is 0.720. The monoisotopic (exact) mass is 226 g/mol. The van der Waals surface area contributed by atoms with Crippen LogP contribution in [0.25, 0.3) is 0 Å². The van der Waals surface area contributed by atoms with Gasteiger partial charge in [0.2, 0.25) is 0 Å². The lowest BCUT2D eigenvalue weighted by Gasteiger charge is -2.13. The molecule has 88 valence electrons. The zero-order valence-corrected chi connectivity index (χ0v) is 10.9. The first kappa shape index (κ1) is 11.7. The Labute approximate surface area is 103 Å². The van der Waals surface area contributed by atoms with Gasteiger partial charge >= 0.3 is 0 Å². The molecule has 2 aromatic carbocycles. The summed E-state index contributed by atoms with van der Waals surface area (Å²) in [6.07, 6.45) is 0. The van der Waals surface area contributed by atoms with Crippen molar-refractivity contribution in [1.82, 2.24) is 0 Å². The second-order valence-electron chi connectivity index (χ2n) is 4.59. The summed E-state index contributed by atoms with van der Waals surface area (Å²) >= 11 is 0. The maximum Gasteiger partial charge on any atom is 0.133 e. The Kier molecular flexibility index (Phi) is 3.19. The van der Waals surface area contributed by atoms with E-state index < -0.39 is 0 Å². The number of hydrogen-bond acceptors (Lipinski definition) is 1. The lowest BCUT2D eigenvalue weighted by atomic mass is 10.1. The molecule has 2 rings (SSSR count). The molecule has 0 aliphatic carbocycles. The molecule has 0 aliphatic rings. The average molecular weight is 226 g/mol. The van der Waals surface area contributed by atoms with Gasteiger partial charge < -0.3 is 4.74 Å². The van der Waals surface area contributed by atoms with Crippen LogP contribution in [0.5, 0.6) is 11.5 Å². The number of rotatable bonds is 2. The van der Waals surface area contributed by atoms with Crippen LogP contribution in [0.3, 0.4) is 0 Å². The highest BCUT2D eigenvalue weighted by molar-refractivity contribution is 5.45. The molecule has 1 heteroatoms. The van der Waals surface area contributed by atoms with Gasteiger partial charge in [0.05, 0.1) is 0 Å². The Hall–Kier alpha value is -1.76. The molecule has 0 atom stereocenters. The summed E-state index contributed by atoms with van der Waals surface area (Å²) in [7, 11) is 0. The fraction of sp³-hybridized carbons (Fsp3) is 0.250. The highest BCUT2D eigenvalue weighted by Crippen LogP contribution is 2.30. The number of benzene rings is 2. The van der Waals surface area contributed by atoms with Crippen LogP contribution in [0.2, 0.25) is 0 Å². The molecule has 0 fully saturated rings. The Bertz CT molecular complexity index is 521. The van der Waals surface area contributed by atoms with E-state index in [0.29, 0.717) is 0 Å². The largest absolute Gasteiger partial charge is 0.457 e. The zero-order chi connectivity index (χ0) is 12.4. The first-order valence-electron chi connectivity index (χ1n) is 5.89. The standard InChI is InChI=1S/C16H18O/c1-11-8-9-12(2)15(10-11)17-16-13(3)6-5-7-14(16)4/h5-10H,1-4H3. The third kappa shape index (κ3) is 2.50. The van der Waals surface area contributed by atoms with Crippen molar-refractivity contribution in [2.45, 2.75) is 27.7 Å². The molecule has 0 aromatic heterocycles. The first-order chi connectivity index (χ1) is 8.08. The van der Waals surface area contributed by atoms with Gasteiger partial charge in [-0.15, -0.1) is 0 Å². The second kappa shape index (κ2) is 4.62. The molecule has 17 heavy (non-hydrogen) atoms. The average Bonchev–Trinajstić information content (AvgIpc) is 2.28. The van der Waals surface area contributed by atoms with Crippen LogP contribution in [0.15, 0.2) is 36.4 Å². The van der Waals surface area contributed by atoms with E-state index in [9.17, 15) is 0 Å². The molecule has 0 aliphatic heterocycles. The van der Waals surface area contributed by atoms with Gasteiger partial charge in [-0.2, -0.15) is 0 Å². The number of hydrogen-bond donors (Lipinski definition) is 0. The summed E-state index contributed by atoms with van der Waals surface area (Å²) < 4.78 is 6.05. The first-order valence-corrected chi connectivity index (χ1v) is 5.89. The van der Waals surface area contributed by atoms with Crippen LogP contribution >= 0.6 is 0 Å². The molecule has 0 saturated carbocycles. The third-order valence-electron chi connectivity index (χ3n) is 2.96. The maximum atomic E-state index is 6.05. The van der Waals surface area contributed by atoms with Gasteiger partial charge in [-0.05, 0) is 56.0 Å². The molecule has 0 N–H and O–H groups in total. The normalized spacial score (nSPS) is 10.4. The van der Waals surface area contributed by atoms with E-state index in [0.717, 1.165) is 11.5 Å². The lowest BCUT2D eigenvalue weighted by molar-refractivity contribution is 0.471. The van der Waals surface area contributed by atoms with Gasteiger partial charge in [-0.1, -0.05) is 30.3 Å². The molecule has 1 nitrogen and oxygen atoms in total. The van der Waals surface area contributed by atoms with Crippen LogP contribution in [-0.2, 0) is 0 Å². The third-order valence-corrected chi connectivity index (χ3v) is 2.96. The summed E-state index contributed by atoms with van der Waals surface area (Å²) in [5, 5.41) is 0. The van der Waals surface area contributed by atoms with Crippen molar-refractivity contribution >= 4 is 0 Å². The fourth-order valence-corrected chi connectivity index (χ4v) is 1.89. The van der Waals surface area contributed by atoms with Crippen LogP contribution in [0.4, 0.5) is 0 Å². The molecule has 0 radical (unpaired) electrons. The summed E-state index contributed by atoms with van der Waals surface area (Å²) in [5.41, 5.74) is 4.73.